The van der Waals surface area contributed by atoms with Crippen LogP contribution < -0.4 is 9.47 Å². The number of halogens is 1. The number of allylic oxidation sites excluding steroid dienone is 1. The highest BCUT2D eigenvalue weighted by Gasteiger charge is 2.22. The maximum atomic E-state index is 12.8. The van der Waals surface area contributed by atoms with Crippen molar-refractivity contribution in [2.24, 2.45) is 5.92 Å². The Balaban J connectivity index is 1.27. The van der Waals surface area contributed by atoms with Crippen LogP contribution in [-0.2, 0) is 0 Å². The predicted octanol–water partition coefficient (Wildman–Crippen LogP) is 9.84. The predicted molar refractivity (Wildman–Crippen MR) is 172 cm³/mol. The first-order chi connectivity index (χ1) is 21.4. The summed E-state index contributed by atoms with van der Waals surface area (Å²) in [6, 6.07) is 22.0. The topological polar surface area (TPSA) is 100 Å². The summed E-state index contributed by atoms with van der Waals surface area (Å²) in [6.07, 6.45) is 14.5. The fourth-order valence-electron chi connectivity index (χ4n) is 5.65. The van der Waals surface area contributed by atoms with Crippen LogP contribution in [0.4, 0.5) is 0 Å². The summed E-state index contributed by atoms with van der Waals surface area (Å²) in [4.78, 5) is 25.5. The average Bonchev–Trinajstić information content (AvgIpc) is 3.04. The van der Waals surface area contributed by atoms with Crippen molar-refractivity contribution in [3.05, 3.63) is 99.6 Å². The third-order valence-corrected chi connectivity index (χ3v) is 8.51. The molecule has 226 valence electrons. The molecule has 0 spiro atoms. The van der Waals surface area contributed by atoms with Gasteiger partial charge in [-0.3, -0.25) is 0 Å². The number of ether oxygens (including phenoxy) is 2. The number of unbranched alkanes of at least 4 members (excludes halogenated alkanes) is 4. The monoisotopic (exact) mass is 608 g/mol. The van der Waals surface area contributed by atoms with Crippen LogP contribution in [0.1, 0.15) is 109 Å². The Morgan fingerprint density at radius 3 is 2.09 bits per heavy atom. The van der Waals surface area contributed by atoms with Crippen molar-refractivity contribution in [3.8, 4) is 23.6 Å². The largest absolute Gasteiger partial charge is 0.423 e. The molecule has 0 radical (unpaired) electrons. The molecule has 1 fully saturated rings. The molecule has 0 unspecified atom stereocenters. The number of rotatable bonds is 12. The highest BCUT2D eigenvalue weighted by Crippen LogP contribution is 2.38. The Bertz CT molecular complexity index is 1520. The lowest BCUT2D eigenvalue weighted by Crippen LogP contribution is -2.14. The second-order valence-corrected chi connectivity index (χ2v) is 11.7. The highest BCUT2D eigenvalue weighted by molar-refractivity contribution is 6.33. The number of benzene rings is 3. The van der Waals surface area contributed by atoms with Gasteiger partial charge in [0.15, 0.2) is 0 Å². The fraction of sp³-hybridized carbons (Fsp3) is 0.351. The summed E-state index contributed by atoms with van der Waals surface area (Å²) in [5.74, 6) is 0.699. The summed E-state index contributed by atoms with van der Waals surface area (Å²) in [7, 11) is 0. The number of nitrogens with zero attached hydrogens (tertiary/aromatic N) is 2. The number of carbonyl (C=O) groups excluding carboxylic acids is 2. The number of esters is 2. The van der Waals surface area contributed by atoms with Gasteiger partial charge in [0, 0.05) is 6.07 Å². The lowest BCUT2D eigenvalue weighted by atomic mass is 9.77. The molecule has 3 aromatic rings. The van der Waals surface area contributed by atoms with Crippen molar-refractivity contribution >= 4 is 29.6 Å². The first-order valence-corrected chi connectivity index (χ1v) is 15.7. The van der Waals surface area contributed by atoms with E-state index in [0.717, 1.165) is 5.92 Å². The number of nitriles is 2. The van der Waals surface area contributed by atoms with E-state index in [0.29, 0.717) is 17.0 Å². The van der Waals surface area contributed by atoms with E-state index in [1.54, 1.807) is 36.4 Å². The Hall–Kier alpha value is -4.39. The van der Waals surface area contributed by atoms with E-state index < -0.39 is 11.9 Å². The van der Waals surface area contributed by atoms with Gasteiger partial charge in [-0.2, -0.15) is 10.5 Å². The van der Waals surface area contributed by atoms with Gasteiger partial charge in [-0.15, -0.1) is 0 Å². The number of hydrogen-bond acceptors (Lipinski definition) is 6. The second-order valence-electron chi connectivity index (χ2n) is 11.3. The first kappa shape index (κ1) is 32.5. The molecular formula is C37H37ClN2O4. The average molecular weight is 609 g/mol. The smallest absolute Gasteiger partial charge is 0.345 e. The van der Waals surface area contributed by atoms with E-state index in [4.69, 9.17) is 31.6 Å². The van der Waals surface area contributed by atoms with E-state index in [1.165, 1.54) is 94.0 Å². The van der Waals surface area contributed by atoms with Crippen LogP contribution in [0.15, 0.2) is 72.3 Å². The lowest BCUT2D eigenvalue weighted by Gasteiger charge is -2.29. The molecule has 0 aromatic heterocycles. The molecule has 0 saturated heterocycles. The zero-order chi connectivity index (χ0) is 31.3. The minimum Gasteiger partial charge on any atom is -0.423 e. The van der Waals surface area contributed by atoms with Gasteiger partial charge in [-0.1, -0.05) is 81.3 Å². The quantitative estimate of drug-likeness (QED) is 0.0877. The summed E-state index contributed by atoms with van der Waals surface area (Å²) < 4.78 is 10.9. The van der Waals surface area contributed by atoms with Gasteiger partial charge in [0.1, 0.15) is 29.2 Å². The molecule has 1 aliphatic carbocycles. The van der Waals surface area contributed by atoms with Gasteiger partial charge in [-0.25, -0.2) is 9.59 Å². The number of carbonyl (C=O) groups is 2. The van der Waals surface area contributed by atoms with Crippen molar-refractivity contribution in [2.45, 2.75) is 77.0 Å². The van der Waals surface area contributed by atoms with Crippen molar-refractivity contribution in [2.75, 3.05) is 0 Å². The summed E-state index contributed by atoms with van der Waals surface area (Å²) in [5.41, 5.74) is 2.42. The summed E-state index contributed by atoms with van der Waals surface area (Å²) in [5, 5.41) is 17.9. The lowest BCUT2D eigenvalue weighted by molar-refractivity contribution is 0.0730. The molecule has 0 heterocycles. The van der Waals surface area contributed by atoms with Crippen LogP contribution in [-0.4, -0.2) is 11.9 Å². The minimum absolute atomic E-state index is 0.0320. The Morgan fingerprint density at radius 1 is 0.818 bits per heavy atom. The maximum absolute atomic E-state index is 12.8. The molecule has 0 N–H and O–H groups in total. The zero-order valence-electron chi connectivity index (χ0n) is 25.1. The molecule has 6 nitrogen and oxygen atoms in total. The van der Waals surface area contributed by atoms with E-state index in [1.807, 2.05) is 24.3 Å². The molecule has 44 heavy (non-hydrogen) atoms. The van der Waals surface area contributed by atoms with Gasteiger partial charge >= 0.3 is 11.9 Å². The Labute approximate surface area is 264 Å². The molecule has 4 rings (SSSR count). The Morgan fingerprint density at radius 2 is 1.45 bits per heavy atom. The van der Waals surface area contributed by atoms with Crippen LogP contribution in [0.3, 0.4) is 0 Å². The summed E-state index contributed by atoms with van der Waals surface area (Å²) >= 11 is 6.34. The van der Waals surface area contributed by atoms with Crippen LogP contribution in [0, 0.1) is 28.6 Å². The molecule has 0 bridgehead atoms. The SMILES string of the molecule is CCCCCCCC1CCC(c2ccc(C(=O)Oc3ccc(C(=O)Oc4ccc(C=C(C#N)C#N)cc4)c(Cl)c3)cc2)CC1. The molecule has 0 atom stereocenters. The molecule has 0 amide bonds. The van der Waals surface area contributed by atoms with Gasteiger partial charge in [0.05, 0.1) is 16.1 Å². The van der Waals surface area contributed by atoms with E-state index in [2.05, 4.69) is 6.92 Å². The van der Waals surface area contributed by atoms with Crippen LogP contribution in [0.25, 0.3) is 6.08 Å². The van der Waals surface area contributed by atoms with Gasteiger partial charge < -0.3 is 9.47 Å². The third-order valence-electron chi connectivity index (χ3n) is 8.19. The van der Waals surface area contributed by atoms with Crippen molar-refractivity contribution in [1.82, 2.24) is 0 Å². The highest BCUT2D eigenvalue weighted by atomic mass is 35.5. The summed E-state index contributed by atoms with van der Waals surface area (Å²) in [6.45, 7) is 2.26. The normalized spacial score (nSPS) is 15.8. The van der Waals surface area contributed by atoms with Gasteiger partial charge in [-0.05, 0) is 91.1 Å². The van der Waals surface area contributed by atoms with E-state index >= 15 is 0 Å². The number of hydrogen-bond donors (Lipinski definition) is 0. The van der Waals surface area contributed by atoms with Crippen molar-refractivity contribution in [3.63, 3.8) is 0 Å². The van der Waals surface area contributed by atoms with Crippen LogP contribution in [0.2, 0.25) is 5.02 Å². The standard InChI is InChI=1S/C37H37ClN2O4/c1-2-3-4-5-6-7-26-8-12-29(13-9-26)30-14-16-31(17-15-30)36(41)44-33-20-21-34(35(38)23-33)37(42)43-32-18-10-27(11-19-32)22-28(24-39)25-40/h10-11,14-23,26,29H,2-9,12-13H2,1H3. The maximum Gasteiger partial charge on any atom is 0.345 e. The molecule has 7 heteroatoms. The van der Waals surface area contributed by atoms with Crippen LogP contribution >= 0.6 is 11.6 Å². The van der Waals surface area contributed by atoms with Crippen LogP contribution in [0.5, 0.6) is 11.5 Å². The Kier molecular flexibility index (Phi) is 12.2. The van der Waals surface area contributed by atoms with E-state index in [-0.39, 0.29) is 27.7 Å². The van der Waals surface area contributed by atoms with Crippen molar-refractivity contribution < 1.29 is 19.1 Å². The molecule has 0 aliphatic heterocycles. The zero-order valence-corrected chi connectivity index (χ0v) is 25.8. The van der Waals surface area contributed by atoms with Gasteiger partial charge in [0.2, 0.25) is 0 Å². The third kappa shape index (κ3) is 9.30. The molecule has 1 saturated carbocycles. The fourth-order valence-corrected chi connectivity index (χ4v) is 5.90. The van der Waals surface area contributed by atoms with Gasteiger partial charge in [0.25, 0.3) is 0 Å². The molecule has 1 aliphatic rings. The van der Waals surface area contributed by atoms with Crippen molar-refractivity contribution in [1.29, 1.82) is 10.5 Å². The molecular weight excluding hydrogens is 572 g/mol. The second kappa shape index (κ2) is 16.5. The van der Waals surface area contributed by atoms with E-state index in [9.17, 15) is 9.59 Å². The minimum atomic E-state index is -0.678. The first-order valence-electron chi connectivity index (χ1n) is 15.4. The molecule has 3 aromatic carbocycles.